The number of rotatable bonds is 7. The number of benzene rings is 1. The number of fused-ring (bicyclic) bond motifs is 1. The molecule has 1 aromatic carbocycles. The van der Waals surface area contributed by atoms with Gasteiger partial charge in [-0.05, 0) is 43.9 Å². The minimum absolute atomic E-state index is 0.0206. The quantitative estimate of drug-likeness (QED) is 0.723. The molecule has 0 saturated heterocycles. The van der Waals surface area contributed by atoms with Crippen LogP contribution in [0.1, 0.15) is 25.3 Å². The van der Waals surface area contributed by atoms with Crippen molar-refractivity contribution in [1.82, 2.24) is 4.90 Å². The molecule has 6 nitrogen and oxygen atoms in total. The molecule has 1 saturated carbocycles. The van der Waals surface area contributed by atoms with Crippen LogP contribution in [0.3, 0.4) is 0 Å². The van der Waals surface area contributed by atoms with Crippen molar-refractivity contribution in [3.8, 4) is 11.5 Å². The number of hydrogen-bond donors (Lipinski definition) is 0. The standard InChI is InChI=1S/C17H23NO5/c1-12(9-13-3-6-15-16(10-13)23-11-22-15)18(2)17(19)21-8-7-20-14-4-5-14/h3,6,10,12,14H,4-5,7-9,11H2,1-2H3. The molecule has 1 aliphatic heterocycles. The van der Waals surface area contributed by atoms with Gasteiger partial charge in [0.15, 0.2) is 11.5 Å². The highest BCUT2D eigenvalue weighted by Crippen LogP contribution is 2.33. The zero-order chi connectivity index (χ0) is 16.2. The van der Waals surface area contributed by atoms with Crippen molar-refractivity contribution >= 4 is 6.09 Å². The monoisotopic (exact) mass is 321 g/mol. The van der Waals surface area contributed by atoms with E-state index in [1.165, 1.54) is 0 Å². The van der Waals surface area contributed by atoms with Gasteiger partial charge >= 0.3 is 6.09 Å². The normalized spacial score (nSPS) is 17.0. The van der Waals surface area contributed by atoms with Crippen molar-refractivity contribution in [2.75, 3.05) is 27.1 Å². The molecule has 0 aromatic heterocycles. The first kappa shape index (κ1) is 15.9. The number of likely N-dealkylation sites (N-methyl/N-ethyl adjacent to an activating group) is 1. The van der Waals surface area contributed by atoms with Crippen LogP contribution in [0.15, 0.2) is 18.2 Å². The molecular weight excluding hydrogens is 298 g/mol. The molecule has 1 amide bonds. The van der Waals surface area contributed by atoms with E-state index in [1.807, 2.05) is 25.1 Å². The summed E-state index contributed by atoms with van der Waals surface area (Å²) in [5.74, 6) is 1.53. The first-order valence-electron chi connectivity index (χ1n) is 8.03. The van der Waals surface area contributed by atoms with Gasteiger partial charge in [-0.2, -0.15) is 0 Å². The second-order valence-corrected chi connectivity index (χ2v) is 6.04. The lowest BCUT2D eigenvalue weighted by Crippen LogP contribution is -2.37. The van der Waals surface area contributed by atoms with Gasteiger partial charge in [-0.1, -0.05) is 6.07 Å². The second kappa shape index (κ2) is 7.08. The van der Waals surface area contributed by atoms with Crippen LogP contribution in [0.25, 0.3) is 0 Å². The lowest BCUT2D eigenvalue weighted by Gasteiger charge is -2.24. The third-order valence-corrected chi connectivity index (χ3v) is 4.10. The minimum Gasteiger partial charge on any atom is -0.454 e. The Kier molecular flexibility index (Phi) is 4.91. The number of carbonyl (C=O) groups is 1. The first-order chi connectivity index (χ1) is 11.1. The molecule has 23 heavy (non-hydrogen) atoms. The summed E-state index contributed by atoms with van der Waals surface area (Å²) in [6, 6.07) is 5.87. The Balaban J connectivity index is 1.44. The van der Waals surface area contributed by atoms with E-state index >= 15 is 0 Å². The summed E-state index contributed by atoms with van der Waals surface area (Å²) in [5, 5.41) is 0. The summed E-state index contributed by atoms with van der Waals surface area (Å²) in [5.41, 5.74) is 1.10. The van der Waals surface area contributed by atoms with E-state index in [0.717, 1.165) is 36.3 Å². The van der Waals surface area contributed by atoms with Gasteiger partial charge in [-0.15, -0.1) is 0 Å². The van der Waals surface area contributed by atoms with Gasteiger partial charge in [-0.3, -0.25) is 0 Å². The molecule has 6 heteroatoms. The Morgan fingerprint density at radius 1 is 1.30 bits per heavy atom. The van der Waals surface area contributed by atoms with E-state index in [2.05, 4.69) is 0 Å². The summed E-state index contributed by atoms with van der Waals surface area (Å²) in [7, 11) is 1.75. The Morgan fingerprint density at radius 2 is 2.09 bits per heavy atom. The van der Waals surface area contributed by atoms with E-state index in [9.17, 15) is 4.79 Å². The van der Waals surface area contributed by atoms with Crippen molar-refractivity contribution in [3.63, 3.8) is 0 Å². The zero-order valence-corrected chi connectivity index (χ0v) is 13.6. The largest absolute Gasteiger partial charge is 0.454 e. The molecule has 0 spiro atoms. The molecule has 1 atom stereocenters. The molecular formula is C17H23NO5. The zero-order valence-electron chi connectivity index (χ0n) is 13.6. The van der Waals surface area contributed by atoms with Crippen LogP contribution in [0.2, 0.25) is 0 Å². The highest BCUT2D eigenvalue weighted by molar-refractivity contribution is 5.67. The van der Waals surface area contributed by atoms with E-state index in [0.29, 0.717) is 19.3 Å². The summed E-state index contributed by atoms with van der Waals surface area (Å²) in [4.78, 5) is 13.6. The summed E-state index contributed by atoms with van der Waals surface area (Å²) < 4.78 is 21.4. The van der Waals surface area contributed by atoms with Crippen LogP contribution in [-0.2, 0) is 15.9 Å². The van der Waals surface area contributed by atoms with Gasteiger partial charge in [-0.25, -0.2) is 4.79 Å². The highest BCUT2D eigenvalue weighted by atomic mass is 16.7. The molecule has 3 rings (SSSR count). The molecule has 126 valence electrons. The van der Waals surface area contributed by atoms with E-state index in [4.69, 9.17) is 18.9 Å². The lowest BCUT2D eigenvalue weighted by molar-refractivity contribution is 0.0474. The maximum absolute atomic E-state index is 12.0. The van der Waals surface area contributed by atoms with Gasteiger partial charge in [0.1, 0.15) is 6.61 Å². The number of hydrogen-bond acceptors (Lipinski definition) is 5. The molecule has 1 unspecified atom stereocenters. The third-order valence-electron chi connectivity index (χ3n) is 4.10. The molecule has 1 fully saturated rings. The predicted octanol–water partition coefficient (Wildman–Crippen LogP) is 2.59. The average molecular weight is 321 g/mol. The molecule has 1 aromatic rings. The Labute approximate surface area is 136 Å². The predicted molar refractivity (Wildman–Crippen MR) is 83.8 cm³/mol. The maximum atomic E-state index is 12.0. The van der Waals surface area contributed by atoms with Gasteiger partial charge in [0, 0.05) is 13.1 Å². The lowest BCUT2D eigenvalue weighted by atomic mass is 10.1. The van der Waals surface area contributed by atoms with E-state index in [-0.39, 0.29) is 18.9 Å². The number of amides is 1. The summed E-state index contributed by atoms with van der Waals surface area (Å²) in [6.45, 7) is 3.03. The number of ether oxygens (including phenoxy) is 4. The Bertz CT molecular complexity index is 558. The van der Waals surface area contributed by atoms with Crippen LogP contribution in [-0.4, -0.2) is 50.2 Å². The maximum Gasteiger partial charge on any atom is 0.409 e. The Hall–Kier alpha value is -1.95. The number of nitrogens with zero attached hydrogens (tertiary/aromatic N) is 1. The van der Waals surface area contributed by atoms with Crippen LogP contribution < -0.4 is 9.47 Å². The highest BCUT2D eigenvalue weighted by Gasteiger charge is 2.22. The Morgan fingerprint density at radius 3 is 2.87 bits per heavy atom. The van der Waals surface area contributed by atoms with Gasteiger partial charge in [0.05, 0.1) is 12.7 Å². The fraction of sp³-hybridized carbons (Fsp3) is 0.588. The fourth-order valence-corrected chi connectivity index (χ4v) is 2.41. The van der Waals surface area contributed by atoms with Crippen molar-refractivity contribution < 1.29 is 23.7 Å². The minimum atomic E-state index is -0.322. The van der Waals surface area contributed by atoms with Crippen LogP contribution in [0.4, 0.5) is 4.79 Å². The van der Waals surface area contributed by atoms with Crippen molar-refractivity contribution in [3.05, 3.63) is 23.8 Å². The van der Waals surface area contributed by atoms with Crippen molar-refractivity contribution in [2.45, 2.75) is 38.3 Å². The van der Waals surface area contributed by atoms with Crippen LogP contribution in [0.5, 0.6) is 11.5 Å². The smallest absolute Gasteiger partial charge is 0.409 e. The van der Waals surface area contributed by atoms with E-state index < -0.39 is 0 Å². The average Bonchev–Trinajstić information content (AvgIpc) is 3.26. The van der Waals surface area contributed by atoms with Crippen molar-refractivity contribution in [1.29, 1.82) is 0 Å². The summed E-state index contributed by atoms with van der Waals surface area (Å²) >= 11 is 0. The molecule has 0 bridgehead atoms. The molecule has 0 radical (unpaired) electrons. The van der Waals surface area contributed by atoms with Gasteiger partial charge in [0.2, 0.25) is 6.79 Å². The van der Waals surface area contributed by atoms with Crippen molar-refractivity contribution in [2.24, 2.45) is 0 Å². The molecule has 1 heterocycles. The SMILES string of the molecule is CC(Cc1ccc2c(c1)OCO2)N(C)C(=O)OCCOC1CC1. The second-order valence-electron chi connectivity index (χ2n) is 6.04. The van der Waals surface area contributed by atoms with Crippen LogP contribution >= 0.6 is 0 Å². The number of carbonyl (C=O) groups excluding carboxylic acids is 1. The topological polar surface area (TPSA) is 57.2 Å². The van der Waals surface area contributed by atoms with E-state index in [1.54, 1.807) is 11.9 Å². The van der Waals surface area contributed by atoms with Crippen LogP contribution in [0, 0.1) is 0 Å². The third kappa shape index (κ3) is 4.28. The van der Waals surface area contributed by atoms with Gasteiger partial charge < -0.3 is 23.8 Å². The first-order valence-corrected chi connectivity index (χ1v) is 8.03. The van der Waals surface area contributed by atoms with Gasteiger partial charge in [0.25, 0.3) is 0 Å². The molecule has 0 N–H and O–H groups in total. The summed E-state index contributed by atoms with van der Waals surface area (Å²) in [6.07, 6.45) is 3.04. The fourth-order valence-electron chi connectivity index (χ4n) is 2.41. The molecule has 2 aliphatic rings. The molecule has 1 aliphatic carbocycles.